The summed E-state index contributed by atoms with van der Waals surface area (Å²) in [6.45, 7) is 0. The van der Waals surface area contributed by atoms with E-state index in [2.05, 4.69) is 17.6 Å². The molecule has 112 valence electrons. The minimum absolute atomic E-state index is 0.164. The van der Waals surface area contributed by atoms with Gasteiger partial charge >= 0.3 is 0 Å². The fraction of sp³-hybridized carbons (Fsp3) is 0.625. The molecule has 20 heavy (non-hydrogen) atoms. The van der Waals surface area contributed by atoms with Crippen LogP contribution in [0.4, 0.5) is 0 Å². The first-order valence-corrected chi connectivity index (χ1v) is 7.47. The zero-order chi connectivity index (χ0) is 14.4. The van der Waals surface area contributed by atoms with Crippen molar-refractivity contribution in [3.63, 3.8) is 0 Å². The van der Waals surface area contributed by atoms with Crippen LogP contribution in [0.15, 0.2) is 18.2 Å². The van der Waals surface area contributed by atoms with Crippen molar-refractivity contribution in [3.05, 3.63) is 23.8 Å². The Morgan fingerprint density at radius 2 is 1.55 bits per heavy atom. The first-order valence-electron chi connectivity index (χ1n) is 7.47. The predicted molar refractivity (Wildman–Crippen MR) is 80.8 cm³/mol. The van der Waals surface area contributed by atoms with Gasteiger partial charge in [0.25, 0.3) is 0 Å². The summed E-state index contributed by atoms with van der Waals surface area (Å²) in [6, 6.07) is 6.16. The highest BCUT2D eigenvalue weighted by molar-refractivity contribution is 5.40. The molecule has 0 bridgehead atoms. The van der Waals surface area contributed by atoms with Crippen LogP contribution >= 0.6 is 0 Å². The molecule has 4 heteroatoms. The van der Waals surface area contributed by atoms with E-state index in [1.54, 1.807) is 14.2 Å². The molecule has 1 aliphatic carbocycles. The maximum absolute atomic E-state index is 5.84. The Bertz CT molecular complexity index is 393. The van der Waals surface area contributed by atoms with Gasteiger partial charge in [0, 0.05) is 12.1 Å². The van der Waals surface area contributed by atoms with Gasteiger partial charge in [-0.05, 0) is 36.5 Å². The van der Waals surface area contributed by atoms with Gasteiger partial charge in [0.1, 0.15) is 11.5 Å². The van der Waals surface area contributed by atoms with E-state index in [1.807, 2.05) is 6.07 Å². The largest absolute Gasteiger partial charge is 0.497 e. The standard InChI is InChI=1S/C16H26N2O2/c1-19-14-9-13(10-15(11-14)20-2)16(18-17)12-7-5-3-4-6-8-12/h9-12,16,18H,3-8,17H2,1-2H3. The second-order valence-electron chi connectivity index (χ2n) is 5.54. The quantitative estimate of drug-likeness (QED) is 0.493. The number of hydrazine groups is 1. The van der Waals surface area contributed by atoms with Crippen LogP contribution in [-0.4, -0.2) is 14.2 Å². The molecule has 0 aromatic heterocycles. The van der Waals surface area contributed by atoms with Gasteiger partial charge in [-0.25, -0.2) is 0 Å². The maximum atomic E-state index is 5.84. The van der Waals surface area contributed by atoms with Crippen molar-refractivity contribution in [2.24, 2.45) is 11.8 Å². The molecule has 1 saturated carbocycles. The van der Waals surface area contributed by atoms with Crippen LogP contribution in [0.3, 0.4) is 0 Å². The zero-order valence-electron chi connectivity index (χ0n) is 12.5. The van der Waals surface area contributed by atoms with Crippen molar-refractivity contribution in [1.82, 2.24) is 5.43 Å². The summed E-state index contributed by atoms with van der Waals surface area (Å²) >= 11 is 0. The summed E-state index contributed by atoms with van der Waals surface area (Å²) < 4.78 is 10.7. The number of hydrogen-bond acceptors (Lipinski definition) is 4. The van der Waals surface area contributed by atoms with Gasteiger partial charge < -0.3 is 9.47 Å². The van der Waals surface area contributed by atoms with Crippen LogP contribution in [0.2, 0.25) is 0 Å². The van der Waals surface area contributed by atoms with E-state index in [0.717, 1.165) is 17.1 Å². The van der Waals surface area contributed by atoms with Gasteiger partial charge in [0.15, 0.2) is 0 Å². The smallest absolute Gasteiger partial charge is 0.122 e. The van der Waals surface area contributed by atoms with Crippen molar-refractivity contribution in [1.29, 1.82) is 0 Å². The third-order valence-corrected chi connectivity index (χ3v) is 4.28. The molecule has 1 unspecified atom stereocenters. The second-order valence-corrected chi connectivity index (χ2v) is 5.54. The summed E-state index contributed by atoms with van der Waals surface area (Å²) in [5.74, 6) is 8.05. The van der Waals surface area contributed by atoms with E-state index < -0.39 is 0 Å². The van der Waals surface area contributed by atoms with Gasteiger partial charge in [0.05, 0.1) is 14.2 Å². The first kappa shape index (κ1) is 15.1. The maximum Gasteiger partial charge on any atom is 0.122 e. The zero-order valence-corrected chi connectivity index (χ0v) is 12.5. The number of nitrogens with two attached hydrogens (primary N) is 1. The number of nitrogens with one attached hydrogen (secondary N) is 1. The van der Waals surface area contributed by atoms with E-state index in [-0.39, 0.29) is 6.04 Å². The van der Waals surface area contributed by atoms with Crippen LogP contribution < -0.4 is 20.7 Å². The van der Waals surface area contributed by atoms with E-state index in [1.165, 1.54) is 38.5 Å². The monoisotopic (exact) mass is 278 g/mol. The average molecular weight is 278 g/mol. The lowest BCUT2D eigenvalue weighted by Gasteiger charge is -2.26. The van der Waals surface area contributed by atoms with Gasteiger partial charge in [-0.15, -0.1) is 0 Å². The molecule has 0 saturated heterocycles. The molecule has 1 aromatic carbocycles. The van der Waals surface area contributed by atoms with Crippen LogP contribution in [0.5, 0.6) is 11.5 Å². The normalized spacial score (nSPS) is 18.4. The number of methoxy groups -OCH3 is 2. The molecule has 1 aliphatic rings. The molecular formula is C16H26N2O2. The highest BCUT2D eigenvalue weighted by atomic mass is 16.5. The fourth-order valence-corrected chi connectivity index (χ4v) is 3.16. The Morgan fingerprint density at radius 3 is 2.00 bits per heavy atom. The van der Waals surface area contributed by atoms with Crippen molar-refractivity contribution < 1.29 is 9.47 Å². The predicted octanol–water partition coefficient (Wildman–Crippen LogP) is 3.18. The first-order chi connectivity index (χ1) is 9.78. The summed E-state index contributed by atoms with van der Waals surface area (Å²) in [5.41, 5.74) is 4.16. The highest BCUT2D eigenvalue weighted by Crippen LogP contribution is 2.36. The molecule has 2 rings (SSSR count). The van der Waals surface area contributed by atoms with Gasteiger partial charge in [-0.3, -0.25) is 11.3 Å². The topological polar surface area (TPSA) is 56.5 Å². The number of benzene rings is 1. The van der Waals surface area contributed by atoms with Crippen LogP contribution in [0, 0.1) is 5.92 Å². The third kappa shape index (κ3) is 3.64. The summed E-state index contributed by atoms with van der Waals surface area (Å²) in [5, 5.41) is 0. The molecule has 0 heterocycles. The Labute approximate surface area is 121 Å². The van der Waals surface area contributed by atoms with E-state index in [4.69, 9.17) is 15.3 Å². The average Bonchev–Trinajstić information content (AvgIpc) is 2.77. The van der Waals surface area contributed by atoms with Crippen LogP contribution in [0.1, 0.15) is 50.1 Å². The molecule has 4 nitrogen and oxygen atoms in total. The Kier molecular flexibility index (Phi) is 5.68. The fourth-order valence-electron chi connectivity index (χ4n) is 3.16. The molecule has 1 fully saturated rings. The summed E-state index contributed by atoms with van der Waals surface area (Å²) in [4.78, 5) is 0. The minimum Gasteiger partial charge on any atom is -0.497 e. The number of ether oxygens (including phenoxy) is 2. The van der Waals surface area contributed by atoms with Crippen LogP contribution in [-0.2, 0) is 0 Å². The molecule has 0 aliphatic heterocycles. The van der Waals surface area contributed by atoms with Crippen molar-refractivity contribution >= 4 is 0 Å². The SMILES string of the molecule is COc1cc(OC)cc(C(NN)C2CCCCCC2)c1. The lowest BCUT2D eigenvalue weighted by Crippen LogP contribution is -2.33. The van der Waals surface area contributed by atoms with E-state index >= 15 is 0 Å². The summed E-state index contributed by atoms with van der Waals surface area (Å²) in [6.07, 6.45) is 7.74. The van der Waals surface area contributed by atoms with Gasteiger partial charge in [-0.2, -0.15) is 0 Å². The molecule has 0 amide bonds. The van der Waals surface area contributed by atoms with Gasteiger partial charge in [0.2, 0.25) is 0 Å². The molecular weight excluding hydrogens is 252 g/mol. The molecule has 1 atom stereocenters. The van der Waals surface area contributed by atoms with Gasteiger partial charge in [-0.1, -0.05) is 25.7 Å². The minimum atomic E-state index is 0.164. The Morgan fingerprint density at radius 1 is 1.00 bits per heavy atom. The Balaban J connectivity index is 2.25. The molecule has 0 spiro atoms. The summed E-state index contributed by atoms with van der Waals surface area (Å²) in [7, 11) is 3.35. The van der Waals surface area contributed by atoms with Crippen molar-refractivity contribution in [2.45, 2.75) is 44.6 Å². The van der Waals surface area contributed by atoms with E-state index in [0.29, 0.717) is 5.92 Å². The lowest BCUT2D eigenvalue weighted by atomic mass is 9.87. The Hall–Kier alpha value is -1.26. The van der Waals surface area contributed by atoms with Crippen molar-refractivity contribution in [3.8, 4) is 11.5 Å². The lowest BCUT2D eigenvalue weighted by molar-refractivity contribution is 0.325. The van der Waals surface area contributed by atoms with Crippen molar-refractivity contribution in [2.75, 3.05) is 14.2 Å². The molecule has 1 aromatic rings. The molecule has 3 N–H and O–H groups in total. The molecule has 0 radical (unpaired) electrons. The highest BCUT2D eigenvalue weighted by Gasteiger charge is 2.24. The second kappa shape index (κ2) is 7.50. The number of hydrogen-bond donors (Lipinski definition) is 2. The van der Waals surface area contributed by atoms with E-state index in [9.17, 15) is 0 Å². The number of rotatable bonds is 5. The third-order valence-electron chi connectivity index (χ3n) is 4.28. The van der Waals surface area contributed by atoms with Crippen LogP contribution in [0.25, 0.3) is 0 Å².